The van der Waals surface area contributed by atoms with Crippen LogP contribution in [0.4, 0.5) is 4.39 Å². The van der Waals surface area contributed by atoms with E-state index in [9.17, 15) is 18.8 Å². The highest BCUT2D eigenvalue weighted by Crippen LogP contribution is 2.20. The second-order valence-electron chi connectivity index (χ2n) is 6.52. The summed E-state index contributed by atoms with van der Waals surface area (Å²) in [5.41, 5.74) is 5.60. The van der Waals surface area contributed by atoms with Gasteiger partial charge in [-0.1, -0.05) is 15.9 Å². The van der Waals surface area contributed by atoms with Crippen LogP contribution < -0.4 is 10.9 Å². The zero-order valence-electron chi connectivity index (χ0n) is 15.0. The highest BCUT2D eigenvalue weighted by Gasteiger charge is 2.28. The number of amides is 3. The van der Waals surface area contributed by atoms with Crippen molar-refractivity contribution in [1.82, 2.24) is 15.8 Å². The maximum Gasteiger partial charge on any atom is 0.269 e. The van der Waals surface area contributed by atoms with Crippen LogP contribution in [0.3, 0.4) is 0 Å². The first-order chi connectivity index (χ1) is 13.4. The van der Waals surface area contributed by atoms with E-state index in [-0.39, 0.29) is 23.3 Å². The number of hydrogen-bond acceptors (Lipinski definition) is 3. The molecule has 1 heterocycles. The lowest BCUT2D eigenvalue weighted by molar-refractivity contribution is -0.127. The summed E-state index contributed by atoms with van der Waals surface area (Å²) in [6.45, 7) is 0.942. The van der Waals surface area contributed by atoms with Crippen LogP contribution in [0.15, 0.2) is 53.0 Å². The van der Waals surface area contributed by atoms with Crippen molar-refractivity contribution in [3.8, 4) is 0 Å². The second kappa shape index (κ2) is 8.97. The van der Waals surface area contributed by atoms with Gasteiger partial charge in [-0.15, -0.1) is 0 Å². The molecule has 28 heavy (non-hydrogen) atoms. The van der Waals surface area contributed by atoms with Gasteiger partial charge < -0.3 is 4.90 Å². The van der Waals surface area contributed by atoms with Gasteiger partial charge in [0.25, 0.3) is 11.8 Å². The van der Waals surface area contributed by atoms with E-state index in [4.69, 9.17) is 0 Å². The third-order valence-electron chi connectivity index (χ3n) is 4.65. The molecule has 1 fully saturated rings. The molecule has 2 aromatic carbocycles. The summed E-state index contributed by atoms with van der Waals surface area (Å²) in [6, 6.07) is 12.2. The molecule has 2 aromatic rings. The molecule has 1 aliphatic rings. The zero-order chi connectivity index (χ0) is 20.1. The van der Waals surface area contributed by atoms with Gasteiger partial charge in [-0.3, -0.25) is 25.2 Å². The van der Waals surface area contributed by atoms with E-state index in [1.807, 2.05) is 12.1 Å². The van der Waals surface area contributed by atoms with Crippen molar-refractivity contribution in [3.63, 3.8) is 0 Å². The van der Waals surface area contributed by atoms with Crippen LogP contribution in [0.5, 0.6) is 0 Å². The fraction of sp³-hybridized carbons (Fsp3) is 0.250. The van der Waals surface area contributed by atoms with Crippen molar-refractivity contribution in [3.05, 3.63) is 69.9 Å². The summed E-state index contributed by atoms with van der Waals surface area (Å²) in [5.74, 6) is -1.61. The van der Waals surface area contributed by atoms with Gasteiger partial charge in [-0.2, -0.15) is 0 Å². The number of hydrazine groups is 1. The monoisotopic (exact) mass is 447 g/mol. The number of likely N-dealkylation sites (tertiary alicyclic amines) is 1. The van der Waals surface area contributed by atoms with Gasteiger partial charge in [-0.25, -0.2) is 4.39 Å². The van der Waals surface area contributed by atoms with Crippen molar-refractivity contribution < 1.29 is 18.8 Å². The molecule has 3 amide bonds. The molecule has 0 spiro atoms. The van der Waals surface area contributed by atoms with Crippen molar-refractivity contribution in [1.29, 1.82) is 0 Å². The Hall–Kier alpha value is -2.74. The van der Waals surface area contributed by atoms with Crippen molar-refractivity contribution >= 4 is 33.7 Å². The van der Waals surface area contributed by atoms with Gasteiger partial charge >= 0.3 is 0 Å². The molecule has 1 aliphatic heterocycles. The molecule has 6 nitrogen and oxygen atoms in total. The van der Waals surface area contributed by atoms with Crippen LogP contribution in [-0.4, -0.2) is 35.7 Å². The lowest BCUT2D eigenvalue weighted by atomic mass is 9.95. The topological polar surface area (TPSA) is 78.5 Å². The Labute approximate surface area is 170 Å². The van der Waals surface area contributed by atoms with Gasteiger partial charge in [0.15, 0.2) is 0 Å². The van der Waals surface area contributed by atoms with Crippen molar-refractivity contribution in [2.75, 3.05) is 13.1 Å². The van der Waals surface area contributed by atoms with Gasteiger partial charge in [-0.05, 0) is 61.4 Å². The zero-order valence-corrected chi connectivity index (χ0v) is 16.5. The Bertz CT molecular complexity index is 863. The molecule has 0 unspecified atom stereocenters. The molecular weight excluding hydrogens is 429 g/mol. The number of benzene rings is 2. The molecule has 0 atom stereocenters. The summed E-state index contributed by atoms with van der Waals surface area (Å²) in [7, 11) is 0. The summed E-state index contributed by atoms with van der Waals surface area (Å²) < 4.78 is 13.8. The van der Waals surface area contributed by atoms with Crippen molar-refractivity contribution in [2.45, 2.75) is 12.8 Å². The lowest BCUT2D eigenvalue weighted by Crippen LogP contribution is -2.48. The molecule has 0 aliphatic carbocycles. The molecule has 0 saturated carbocycles. The SMILES string of the molecule is O=C(NNC(=O)C1CCN(C(=O)c2ccc(Br)cc2)CC1)c1ccc(F)cc1. The summed E-state index contributed by atoms with van der Waals surface area (Å²) in [5, 5.41) is 0. The number of nitrogens with one attached hydrogen (secondary N) is 2. The van der Waals surface area contributed by atoms with Crippen LogP contribution in [-0.2, 0) is 4.79 Å². The lowest BCUT2D eigenvalue weighted by Gasteiger charge is -2.31. The third kappa shape index (κ3) is 4.95. The highest BCUT2D eigenvalue weighted by atomic mass is 79.9. The van der Waals surface area contributed by atoms with E-state index in [1.165, 1.54) is 24.3 Å². The molecular formula is C20H19BrFN3O3. The minimum absolute atomic E-state index is 0.0593. The molecule has 2 N–H and O–H groups in total. The Morgan fingerprint density at radius 1 is 0.893 bits per heavy atom. The molecule has 0 radical (unpaired) electrons. The molecule has 8 heteroatoms. The summed E-state index contributed by atoms with van der Waals surface area (Å²) in [4.78, 5) is 38.5. The first-order valence-corrected chi connectivity index (χ1v) is 9.64. The Morgan fingerprint density at radius 2 is 1.46 bits per heavy atom. The third-order valence-corrected chi connectivity index (χ3v) is 5.18. The van der Waals surface area contributed by atoms with Crippen LogP contribution in [0.25, 0.3) is 0 Å². The number of carbonyl (C=O) groups is 3. The molecule has 3 rings (SSSR count). The normalized spacial score (nSPS) is 14.4. The van der Waals surface area contributed by atoms with Gasteiger partial charge in [0.1, 0.15) is 5.82 Å². The number of piperidine rings is 1. The minimum Gasteiger partial charge on any atom is -0.339 e. The van der Waals surface area contributed by atoms with Crippen LogP contribution in [0.1, 0.15) is 33.6 Å². The smallest absolute Gasteiger partial charge is 0.269 e. The maximum atomic E-state index is 12.9. The predicted molar refractivity (Wildman–Crippen MR) is 105 cm³/mol. The van der Waals surface area contributed by atoms with Crippen LogP contribution in [0, 0.1) is 11.7 Å². The molecule has 1 saturated heterocycles. The fourth-order valence-electron chi connectivity index (χ4n) is 3.01. The average Bonchev–Trinajstić information content (AvgIpc) is 2.72. The van der Waals surface area contributed by atoms with Crippen LogP contribution >= 0.6 is 15.9 Å². The average molecular weight is 448 g/mol. The quantitative estimate of drug-likeness (QED) is 0.709. The van der Waals surface area contributed by atoms with Crippen LogP contribution in [0.2, 0.25) is 0 Å². The molecule has 146 valence electrons. The first-order valence-electron chi connectivity index (χ1n) is 8.84. The molecule has 0 bridgehead atoms. The Balaban J connectivity index is 1.47. The maximum absolute atomic E-state index is 12.9. The van der Waals surface area contributed by atoms with Gasteiger partial charge in [0, 0.05) is 34.6 Å². The summed E-state index contributed by atoms with van der Waals surface area (Å²) in [6.07, 6.45) is 1.03. The van der Waals surface area contributed by atoms with Crippen molar-refractivity contribution in [2.24, 2.45) is 5.92 Å². The number of rotatable bonds is 3. The highest BCUT2D eigenvalue weighted by molar-refractivity contribution is 9.10. The number of nitrogens with zero attached hydrogens (tertiary/aromatic N) is 1. The fourth-order valence-corrected chi connectivity index (χ4v) is 3.28. The van der Waals surface area contributed by atoms with E-state index >= 15 is 0 Å². The predicted octanol–water partition coefficient (Wildman–Crippen LogP) is 2.90. The van der Waals surface area contributed by atoms with Gasteiger partial charge in [0.2, 0.25) is 5.91 Å². The largest absolute Gasteiger partial charge is 0.339 e. The number of hydrogen-bond donors (Lipinski definition) is 2. The van der Waals surface area contributed by atoms with E-state index in [0.29, 0.717) is 31.5 Å². The minimum atomic E-state index is -0.517. The number of carbonyl (C=O) groups excluding carboxylic acids is 3. The second-order valence-corrected chi connectivity index (χ2v) is 7.44. The Kier molecular flexibility index (Phi) is 6.41. The first kappa shape index (κ1) is 20.0. The van der Waals surface area contributed by atoms with Gasteiger partial charge in [0.05, 0.1) is 0 Å². The van der Waals surface area contributed by atoms with E-state index in [1.54, 1.807) is 17.0 Å². The number of halogens is 2. The molecule has 0 aromatic heterocycles. The van der Waals surface area contributed by atoms with E-state index in [2.05, 4.69) is 26.8 Å². The standard InChI is InChI=1S/C20H19BrFN3O3/c21-16-5-1-15(2-6-16)20(28)25-11-9-14(10-12-25)19(27)24-23-18(26)13-3-7-17(22)8-4-13/h1-8,14H,9-12H2,(H,23,26)(H,24,27). The van der Waals surface area contributed by atoms with E-state index in [0.717, 1.165) is 4.47 Å². The summed E-state index contributed by atoms with van der Waals surface area (Å²) >= 11 is 3.34. The van der Waals surface area contributed by atoms with E-state index < -0.39 is 11.7 Å². The Morgan fingerprint density at radius 3 is 2.07 bits per heavy atom.